The van der Waals surface area contributed by atoms with Gasteiger partial charge in [0.05, 0.1) is 13.5 Å². The third kappa shape index (κ3) is 5.36. The van der Waals surface area contributed by atoms with Crippen molar-refractivity contribution in [3.05, 3.63) is 29.8 Å². The van der Waals surface area contributed by atoms with Crippen LogP contribution in [0.4, 0.5) is 0 Å². The average molecular weight is 238 g/mol. The Morgan fingerprint density at radius 3 is 2.59 bits per heavy atom. The lowest BCUT2D eigenvalue weighted by atomic mass is 10.1. The largest absolute Gasteiger partial charge is 0.497 e. The highest BCUT2D eigenvalue weighted by atomic mass is 17.2. The van der Waals surface area contributed by atoms with E-state index in [1.807, 2.05) is 39.0 Å². The summed E-state index contributed by atoms with van der Waals surface area (Å²) in [6.07, 6.45) is 0.160. The second-order valence-corrected chi connectivity index (χ2v) is 4.68. The third-order valence-electron chi connectivity index (χ3n) is 1.87. The van der Waals surface area contributed by atoms with E-state index < -0.39 is 11.6 Å². The molecule has 0 aliphatic carbocycles. The summed E-state index contributed by atoms with van der Waals surface area (Å²) < 4.78 is 5.07. The Bertz CT molecular complexity index is 379. The molecule has 1 aromatic rings. The Hall–Kier alpha value is -1.55. The van der Waals surface area contributed by atoms with Gasteiger partial charge in [-0.3, -0.25) is 4.89 Å². The fourth-order valence-electron chi connectivity index (χ4n) is 1.15. The quantitative estimate of drug-likeness (QED) is 0.597. The molecule has 0 saturated heterocycles. The molecule has 0 heterocycles. The zero-order valence-corrected chi connectivity index (χ0v) is 10.6. The molecule has 0 amide bonds. The Morgan fingerprint density at radius 1 is 1.29 bits per heavy atom. The van der Waals surface area contributed by atoms with E-state index in [2.05, 4.69) is 0 Å². The van der Waals surface area contributed by atoms with E-state index in [1.165, 1.54) is 0 Å². The lowest BCUT2D eigenvalue weighted by molar-refractivity contribution is -0.320. The molecule has 0 fully saturated rings. The average Bonchev–Trinajstić information content (AvgIpc) is 2.26. The lowest BCUT2D eigenvalue weighted by Crippen LogP contribution is -2.22. The number of rotatable bonds is 4. The maximum absolute atomic E-state index is 11.5. The van der Waals surface area contributed by atoms with Gasteiger partial charge in [-0.15, -0.1) is 0 Å². The van der Waals surface area contributed by atoms with Gasteiger partial charge in [-0.25, -0.2) is 4.79 Å². The van der Waals surface area contributed by atoms with E-state index in [1.54, 1.807) is 13.2 Å². The standard InChI is InChI=1S/C13H18O4/c1-13(2,3)17-16-12(14)9-10-6-5-7-11(8-10)15-4/h5-8H,9H2,1-4H3. The number of carbonyl (C=O) groups excluding carboxylic acids is 1. The summed E-state index contributed by atoms with van der Waals surface area (Å²) in [5.41, 5.74) is 0.330. The number of benzene rings is 1. The van der Waals surface area contributed by atoms with Crippen molar-refractivity contribution < 1.29 is 19.3 Å². The van der Waals surface area contributed by atoms with E-state index in [0.29, 0.717) is 5.75 Å². The SMILES string of the molecule is COc1cccc(CC(=O)OOC(C)(C)C)c1. The van der Waals surface area contributed by atoms with Gasteiger partial charge >= 0.3 is 5.97 Å². The smallest absolute Gasteiger partial charge is 0.346 e. The van der Waals surface area contributed by atoms with Gasteiger partial charge in [0, 0.05) is 0 Å². The molecule has 4 nitrogen and oxygen atoms in total. The minimum Gasteiger partial charge on any atom is -0.497 e. The number of ether oxygens (including phenoxy) is 1. The monoisotopic (exact) mass is 238 g/mol. The number of hydrogen-bond donors (Lipinski definition) is 0. The minimum atomic E-state index is -0.496. The molecule has 0 aliphatic heterocycles. The molecule has 0 atom stereocenters. The van der Waals surface area contributed by atoms with Crippen LogP contribution in [0.3, 0.4) is 0 Å². The number of methoxy groups -OCH3 is 1. The molecule has 0 radical (unpaired) electrons. The molecule has 0 unspecified atom stereocenters. The minimum absolute atomic E-state index is 0.160. The van der Waals surface area contributed by atoms with Crippen molar-refractivity contribution in [3.8, 4) is 5.75 Å². The molecule has 0 saturated carbocycles. The normalized spacial score (nSPS) is 11.1. The summed E-state index contributed by atoms with van der Waals surface area (Å²) in [7, 11) is 1.58. The second-order valence-electron chi connectivity index (χ2n) is 4.68. The topological polar surface area (TPSA) is 44.8 Å². The predicted molar refractivity (Wildman–Crippen MR) is 63.6 cm³/mol. The van der Waals surface area contributed by atoms with Crippen LogP contribution in [0.1, 0.15) is 26.3 Å². The van der Waals surface area contributed by atoms with E-state index in [0.717, 1.165) is 5.56 Å². The molecule has 1 rings (SSSR count). The fraction of sp³-hybridized carbons (Fsp3) is 0.462. The fourth-order valence-corrected chi connectivity index (χ4v) is 1.15. The summed E-state index contributed by atoms with van der Waals surface area (Å²) in [6.45, 7) is 5.43. The van der Waals surface area contributed by atoms with E-state index >= 15 is 0 Å². The van der Waals surface area contributed by atoms with Gasteiger partial charge < -0.3 is 4.74 Å². The van der Waals surface area contributed by atoms with Crippen LogP contribution in [0.15, 0.2) is 24.3 Å². The second kappa shape index (κ2) is 5.68. The van der Waals surface area contributed by atoms with Crippen LogP contribution in [0.5, 0.6) is 5.75 Å². The first-order valence-corrected chi connectivity index (χ1v) is 5.42. The van der Waals surface area contributed by atoms with Gasteiger partial charge in [0.15, 0.2) is 0 Å². The highest BCUT2D eigenvalue weighted by molar-refractivity contribution is 5.72. The summed E-state index contributed by atoms with van der Waals surface area (Å²) >= 11 is 0. The predicted octanol–water partition coefficient (Wildman–Crippen LogP) is 2.51. The molecule has 0 bridgehead atoms. The molecule has 0 spiro atoms. The molecule has 17 heavy (non-hydrogen) atoms. The first-order chi connectivity index (χ1) is 7.90. The summed E-state index contributed by atoms with van der Waals surface area (Å²) in [6, 6.07) is 7.27. The Kier molecular flexibility index (Phi) is 4.52. The van der Waals surface area contributed by atoms with Crippen molar-refractivity contribution in [1.29, 1.82) is 0 Å². The number of hydrogen-bond acceptors (Lipinski definition) is 4. The van der Waals surface area contributed by atoms with Gasteiger partial charge in [0.1, 0.15) is 11.4 Å². The molecule has 0 N–H and O–H groups in total. The summed E-state index contributed by atoms with van der Waals surface area (Å²) in [5, 5.41) is 0. The first-order valence-electron chi connectivity index (χ1n) is 5.42. The van der Waals surface area contributed by atoms with Crippen molar-refractivity contribution >= 4 is 5.97 Å². The van der Waals surface area contributed by atoms with Gasteiger partial charge in [-0.1, -0.05) is 12.1 Å². The van der Waals surface area contributed by atoms with Crippen molar-refractivity contribution in [3.63, 3.8) is 0 Å². The zero-order valence-electron chi connectivity index (χ0n) is 10.6. The van der Waals surface area contributed by atoms with Gasteiger partial charge in [-0.2, -0.15) is 4.89 Å². The van der Waals surface area contributed by atoms with Crippen LogP contribution in [-0.2, 0) is 21.0 Å². The van der Waals surface area contributed by atoms with Crippen molar-refractivity contribution in [2.75, 3.05) is 7.11 Å². The highest BCUT2D eigenvalue weighted by Gasteiger charge is 2.15. The van der Waals surface area contributed by atoms with Crippen LogP contribution in [0.25, 0.3) is 0 Å². The van der Waals surface area contributed by atoms with Crippen LogP contribution in [0, 0.1) is 0 Å². The Labute approximate surface area is 101 Å². The molecular weight excluding hydrogens is 220 g/mol. The van der Waals surface area contributed by atoms with E-state index in [9.17, 15) is 4.79 Å². The molecule has 0 aromatic heterocycles. The van der Waals surface area contributed by atoms with Crippen molar-refractivity contribution in [1.82, 2.24) is 0 Å². The third-order valence-corrected chi connectivity index (χ3v) is 1.87. The van der Waals surface area contributed by atoms with Crippen LogP contribution < -0.4 is 4.74 Å². The van der Waals surface area contributed by atoms with Gasteiger partial charge in [-0.05, 0) is 38.5 Å². The van der Waals surface area contributed by atoms with E-state index in [-0.39, 0.29) is 6.42 Å². The van der Waals surface area contributed by atoms with E-state index in [4.69, 9.17) is 14.5 Å². The lowest BCUT2D eigenvalue weighted by Gasteiger charge is -2.16. The maximum Gasteiger partial charge on any atom is 0.346 e. The van der Waals surface area contributed by atoms with Gasteiger partial charge in [0.25, 0.3) is 0 Å². The van der Waals surface area contributed by atoms with Crippen LogP contribution in [0.2, 0.25) is 0 Å². The zero-order chi connectivity index (χ0) is 12.9. The molecule has 4 heteroatoms. The molecule has 0 aliphatic rings. The number of carbonyl (C=O) groups is 1. The molecular formula is C13H18O4. The molecule has 94 valence electrons. The summed E-state index contributed by atoms with van der Waals surface area (Å²) in [4.78, 5) is 21.1. The summed E-state index contributed by atoms with van der Waals surface area (Å²) in [5.74, 6) is 0.292. The van der Waals surface area contributed by atoms with Crippen LogP contribution >= 0.6 is 0 Å². The maximum atomic E-state index is 11.5. The van der Waals surface area contributed by atoms with Crippen LogP contribution in [-0.4, -0.2) is 18.7 Å². The van der Waals surface area contributed by atoms with Crippen molar-refractivity contribution in [2.24, 2.45) is 0 Å². The highest BCUT2D eigenvalue weighted by Crippen LogP contribution is 2.14. The molecule has 1 aromatic carbocycles. The first kappa shape index (κ1) is 13.5. The Balaban J connectivity index is 2.50. The van der Waals surface area contributed by atoms with Gasteiger partial charge in [0.2, 0.25) is 0 Å². The Morgan fingerprint density at radius 2 is 2.00 bits per heavy atom. The van der Waals surface area contributed by atoms with Crippen molar-refractivity contribution in [2.45, 2.75) is 32.8 Å².